The molecule has 0 unspecified atom stereocenters. The van der Waals surface area contributed by atoms with Crippen molar-refractivity contribution in [1.82, 2.24) is 14.7 Å². The SMILES string of the molecule is N#C[C@H]1CC[C@@H](CC(=O)N2CCc3c(C(F)(F)F)nn(Cc4ccc(F)cc4)c3C2)CC1. The zero-order chi connectivity index (χ0) is 22.9. The molecule has 1 amide bonds. The summed E-state index contributed by atoms with van der Waals surface area (Å²) in [4.78, 5) is 14.5. The van der Waals surface area contributed by atoms with Gasteiger partial charge in [0.15, 0.2) is 5.69 Å². The summed E-state index contributed by atoms with van der Waals surface area (Å²) in [6.45, 7) is 0.371. The molecule has 1 aliphatic carbocycles. The molecule has 0 spiro atoms. The fourth-order valence-corrected chi connectivity index (χ4v) is 4.69. The van der Waals surface area contributed by atoms with E-state index in [0.717, 1.165) is 25.7 Å². The maximum Gasteiger partial charge on any atom is 0.435 e. The summed E-state index contributed by atoms with van der Waals surface area (Å²) in [6.07, 6.45) is -0.903. The molecular formula is C23H24F4N4O. The van der Waals surface area contributed by atoms with Crippen LogP contribution in [0, 0.1) is 29.0 Å². The van der Waals surface area contributed by atoms with E-state index in [4.69, 9.17) is 5.26 Å². The third kappa shape index (κ3) is 4.79. The monoisotopic (exact) mass is 448 g/mol. The van der Waals surface area contributed by atoms with Gasteiger partial charge in [0, 0.05) is 24.4 Å². The maximum atomic E-state index is 13.6. The van der Waals surface area contributed by atoms with Crippen LogP contribution in [0.15, 0.2) is 24.3 Å². The lowest BCUT2D eigenvalue weighted by atomic mass is 9.81. The highest BCUT2D eigenvalue weighted by atomic mass is 19.4. The van der Waals surface area contributed by atoms with Crippen molar-refractivity contribution >= 4 is 5.91 Å². The smallest absolute Gasteiger partial charge is 0.336 e. The number of nitriles is 1. The molecule has 1 aliphatic heterocycles. The average Bonchev–Trinajstić information content (AvgIpc) is 3.14. The fraction of sp³-hybridized carbons (Fsp3) is 0.522. The van der Waals surface area contributed by atoms with Gasteiger partial charge in [-0.15, -0.1) is 0 Å². The fourth-order valence-electron chi connectivity index (χ4n) is 4.69. The molecule has 4 rings (SSSR count). The van der Waals surface area contributed by atoms with Gasteiger partial charge in [-0.1, -0.05) is 12.1 Å². The number of benzene rings is 1. The first-order valence-electron chi connectivity index (χ1n) is 10.8. The van der Waals surface area contributed by atoms with Gasteiger partial charge in [0.25, 0.3) is 0 Å². The van der Waals surface area contributed by atoms with E-state index in [9.17, 15) is 22.4 Å². The molecule has 0 atom stereocenters. The van der Waals surface area contributed by atoms with Crippen LogP contribution in [0.1, 0.15) is 54.6 Å². The van der Waals surface area contributed by atoms with Gasteiger partial charge in [0.05, 0.1) is 24.9 Å². The van der Waals surface area contributed by atoms with Crippen LogP contribution in [0.25, 0.3) is 0 Å². The molecule has 1 saturated carbocycles. The molecule has 0 N–H and O–H groups in total. The van der Waals surface area contributed by atoms with Crippen LogP contribution in [0.2, 0.25) is 0 Å². The number of carbonyl (C=O) groups is 1. The maximum absolute atomic E-state index is 13.6. The van der Waals surface area contributed by atoms with E-state index in [1.807, 2.05) is 0 Å². The van der Waals surface area contributed by atoms with Crippen molar-refractivity contribution in [3.8, 4) is 6.07 Å². The summed E-state index contributed by atoms with van der Waals surface area (Å²) in [5.41, 5.74) is 0.243. The standard InChI is InChI=1S/C23H24F4N4O/c24-18-7-5-17(6-8-18)13-31-20-14-30(10-9-19(20)22(29-31)23(25,26)27)21(32)11-15-1-3-16(12-28)4-2-15/h5-8,15-16H,1-4,9-11,13-14H2/t15-,16+. The molecule has 0 bridgehead atoms. The van der Waals surface area contributed by atoms with E-state index in [0.29, 0.717) is 17.7 Å². The highest BCUT2D eigenvalue weighted by Crippen LogP contribution is 2.36. The third-order valence-corrected chi connectivity index (χ3v) is 6.50. The Bertz CT molecular complexity index is 1010. The first-order valence-corrected chi connectivity index (χ1v) is 10.8. The first kappa shape index (κ1) is 22.3. The number of rotatable bonds is 4. The Morgan fingerprint density at radius 2 is 1.84 bits per heavy atom. The summed E-state index contributed by atoms with van der Waals surface area (Å²) in [6, 6.07) is 7.82. The second kappa shape index (κ2) is 8.93. The van der Waals surface area contributed by atoms with Crippen molar-refractivity contribution < 1.29 is 22.4 Å². The number of halogens is 4. The van der Waals surface area contributed by atoms with E-state index >= 15 is 0 Å². The summed E-state index contributed by atoms with van der Waals surface area (Å²) in [5.74, 6) is -0.226. The van der Waals surface area contributed by atoms with Gasteiger partial charge in [-0.3, -0.25) is 9.48 Å². The van der Waals surface area contributed by atoms with E-state index < -0.39 is 17.7 Å². The van der Waals surface area contributed by atoms with Crippen LogP contribution < -0.4 is 0 Å². The quantitative estimate of drug-likeness (QED) is 0.638. The molecule has 170 valence electrons. The van der Waals surface area contributed by atoms with Crippen LogP contribution >= 0.6 is 0 Å². The number of carbonyl (C=O) groups excluding carboxylic acids is 1. The lowest BCUT2D eigenvalue weighted by Crippen LogP contribution is -2.38. The number of amides is 1. The van der Waals surface area contributed by atoms with Gasteiger partial charge in [-0.05, 0) is 55.7 Å². The molecule has 2 aromatic rings. The molecule has 0 radical (unpaired) electrons. The van der Waals surface area contributed by atoms with Crippen LogP contribution in [-0.2, 0) is 30.5 Å². The van der Waals surface area contributed by atoms with Gasteiger partial charge in [-0.25, -0.2) is 4.39 Å². The van der Waals surface area contributed by atoms with Gasteiger partial charge in [0.2, 0.25) is 5.91 Å². The molecule has 0 saturated heterocycles. The molecule has 9 heteroatoms. The Kier molecular flexibility index (Phi) is 6.22. The number of hydrogen-bond donors (Lipinski definition) is 0. The molecule has 1 fully saturated rings. The van der Waals surface area contributed by atoms with E-state index in [1.165, 1.54) is 28.9 Å². The van der Waals surface area contributed by atoms with Crippen molar-refractivity contribution in [3.05, 3.63) is 52.6 Å². The average molecular weight is 448 g/mol. The van der Waals surface area contributed by atoms with Crippen molar-refractivity contribution in [2.24, 2.45) is 11.8 Å². The number of nitrogens with zero attached hydrogens (tertiary/aromatic N) is 4. The minimum atomic E-state index is -4.58. The Morgan fingerprint density at radius 1 is 1.16 bits per heavy atom. The lowest BCUT2D eigenvalue weighted by Gasteiger charge is -2.31. The van der Waals surface area contributed by atoms with Crippen LogP contribution in [0.5, 0.6) is 0 Å². The summed E-state index contributed by atoms with van der Waals surface area (Å²) in [7, 11) is 0. The summed E-state index contributed by atoms with van der Waals surface area (Å²) < 4.78 is 55.2. The third-order valence-electron chi connectivity index (χ3n) is 6.50. The predicted molar refractivity (Wildman–Crippen MR) is 108 cm³/mol. The highest BCUT2D eigenvalue weighted by Gasteiger charge is 2.41. The summed E-state index contributed by atoms with van der Waals surface area (Å²) >= 11 is 0. The Hall–Kier alpha value is -2.89. The van der Waals surface area contributed by atoms with E-state index in [1.54, 1.807) is 4.90 Å². The van der Waals surface area contributed by atoms with Crippen molar-refractivity contribution in [3.63, 3.8) is 0 Å². The second-order valence-electron chi connectivity index (χ2n) is 8.67. The lowest BCUT2D eigenvalue weighted by molar-refractivity contribution is -0.142. The van der Waals surface area contributed by atoms with Crippen LogP contribution in [0.4, 0.5) is 17.6 Å². The van der Waals surface area contributed by atoms with Crippen molar-refractivity contribution in [2.75, 3.05) is 6.54 Å². The molecule has 5 nitrogen and oxygen atoms in total. The van der Waals surface area contributed by atoms with Gasteiger partial charge in [0.1, 0.15) is 5.82 Å². The largest absolute Gasteiger partial charge is 0.435 e. The van der Waals surface area contributed by atoms with Crippen molar-refractivity contribution in [2.45, 2.75) is 57.8 Å². The minimum Gasteiger partial charge on any atom is -0.336 e. The van der Waals surface area contributed by atoms with Crippen LogP contribution in [-0.4, -0.2) is 27.1 Å². The topological polar surface area (TPSA) is 61.9 Å². The second-order valence-corrected chi connectivity index (χ2v) is 8.67. The van der Waals surface area contributed by atoms with Crippen molar-refractivity contribution in [1.29, 1.82) is 5.26 Å². The van der Waals surface area contributed by atoms with Gasteiger partial charge >= 0.3 is 6.18 Å². The predicted octanol–water partition coefficient (Wildman–Crippen LogP) is 4.69. The number of fused-ring (bicyclic) bond motifs is 1. The molecular weight excluding hydrogens is 424 g/mol. The van der Waals surface area contributed by atoms with E-state index in [-0.39, 0.29) is 49.4 Å². The molecule has 1 aromatic heterocycles. The molecule has 2 aliphatic rings. The van der Waals surface area contributed by atoms with Crippen LogP contribution in [0.3, 0.4) is 0 Å². The van der Waals surface area contributed by atoms with Gasteiger partial charge in [-0.2, -0.15) is 23.5 Å². The number of hydrogen-bond acceptors (Lipinski definition) is 3. The first-order chi connectivity index (χ1) is 15.2. The zero-order valence-electron chi connectivity index (χ0n) is 17.5. The number of aromatic nitrogens is 2. The Morgan fingerprint density at radius 3 is 2.47 bits per heavy atom. The molecule has 2 heterocycles. The van der Waals surface area contributed by atoms with E-state index in [2.05, 4.69) is 11.2 Å². The van der Waals surface area contributed by atoms with Gasteiger partial charge < -0.3 is 4.90 Å². The molecule has 32 heavy (non-hydrogen) atoms. The Balaban J connectivity index is 1.52. The summed E-state index contributed by atoms with van der Waals surface area (Å²) in [5, 5.41) is 12.9. The molecule has 1 aromatic carbocycles. The zero-order valence-corrected chi connectivity index (χ0v) is 17.5. The Labute approximate surface area is 183 Å². The normalized spacial score (nSPS) is 21.2. The highest BCUT2D eigenvalue weighted by molar-refractivity contribution is 5.76. The number of alkyl halides is 3. The minimum absolute atomic E-state index is 0.0560.